The molecule has 1 aromatic carbocycles. The van der Waals surface area contributed by atoms with Gasteiger partial charge < -0.3 is 15.4 Å². The molecule has 1 heterocycles. The number of likely N-dealkylation sites (N-methyl/N-ethyl adjacent to an activating group) is 1. The Morgan fingerprint density at radius 1 is 1.43 bits per heavy atom. The van der Waals surface area contributed by atoms with E-state index in [1.54, 1.807) is 12.1 Å². The van der Waals surface area contributed by atoms with Crippen LogP contribution < -0.4 is 15.4 Å². The topological polar surface area (TPSA) is 84.7 Å². The molecule has 2 rings (SSSR count). The molecule has 0 aromatic heterocycles. The van der Waals surface area contributed by atoms with Crippen LogP contribution in [0.15, 0.2) is 23.1 Å². The van der Waals surface area contributed by atoms with Crippen LogP contribution in [0.25, 0.3) is 0 Å². The SMILES string of the molecule is CNS(=O)(=O)c1cc(N)ccc1N(C)CC1CCCCO1. The lowest BCUT2D eigenvalue weighted by Crippen LogP contribution is -2.34. The summed E-state index contributed by atoms with van der Waals surface area (Å²) in [5, 5.41) is 0. The smallest absolute Gasteiger partial charge is 0.242 e. The summed E-state index contributed by atoms with van der Waals surface area (Å²) in [4.78, 5) is 2.11. The zero-order valence-electron chi connectivity index (χ0n) is 12.5. The molecular formula is C14H23N3O3S. The van der Waals surface area contributed by atoms with Gasteiger partial charge in [0.2, 0.25) is 10.0 Å². The van der Waals surface area contributed by atoms with E-state index in [2.05, 4.69) is 4.72 Å². The number of nitrogens with one attached hydrogen (secondary N) is 1. The van der Waals surface area contributed by atoms with Gasteiger partial charge >= 0.3 is 0 Å². The van der Waals surface area contributed by atoms with E-state index in [0.29, 0.717) is 17.9 Å². The van der Waals surface area contributed by atoms with Crippen molar-refractivity contribution >= 4 is 21.4 Å². The summed E-state index contributed by atoms with van der Waals surface area (Å²) in [5.74, 6) is 0. The van der Waals surface area contributed by atoms with Crippen molar-refractivity contribution < 1.29 is 13.2 Å². The highest BCUT2D eigenvalue weighted by Crippen LogP contribution is 2.27. The molecule has 0 aliphatic carbocycles. The van der Waals surface area contributed by atoms with Crippen molar-refractivity contribution in [2.75, 3.05) is 37.9 Å². The molecule has 1 fully saturated rings. The molecule has 1 aliphatic rings. The minimum Gasteiger partial charge on any atom is -0.399 e. The van der Waals surface area contributed by atoms with E-state index in [1.165, 1.54) is 13.1 Å². The molecule has 6 nitrogen and oxygen atoms in total. The summed E-state index contributed by atoms with van der Waals surface area (Å²) in [6, 6.07) is 4.93. The van der Waals surface area contributed by atoms with Gasteiger partial charge in [-0.15, -0.1) is 0 Å². The lowest BCUT2D eigenvalue weighted by Gasteiger charge is -2.29. The Bertz CT molecular complexity index is 583. The molecule has 3 N–H and O–H groups in total. The van der Waals surface area contributed by atoms with Gasteiger partial charge in [0.05, 0.1) is 11.8 Å². The molecule has 1 unspecified atom stereocenters. The zero-order valence-corrected chi connectivity index (χ0v) is 13.3. The Balaban J connectivity index is 2.25. The third kappa shape index (κ3) is 3.87. The van der Waals surface area contributed by atoms with E-state index in [-0.39, 0.29) is 11.0 Å². The van der Waals surface area contributed by atoms with Crippen LogP contribution in [0.4, 0.5) is 11.4 Å². The summed E-state index contributed by atoms with van der Waals surface area (Å²) in [7, 11) is -0.281. The largest absolute Gasteiger partial charge is 0.399 e. The van der Waals surface area contributed by atoms with Crippen molar-refractivity contribution in [3.8, 4) is 0 Å². The number of hydrogen-bond acceptors (Lipinski definition) is 5. The number of rotatable bonds is 5. The van der Waals surface area contributed by atoms with Gasteiger partial charge in [0.25, 0.3) is 0 Å². The Labute approximate surface area is 126 Å². The van der Waals surface area contributed by atoms with Crippen molar-refractivity contribution in [2.24, 2.45) is 0 Å². The fraction of sp³-hybridized carbons (Fsp3) is 0.571. The average Bonchev–Trinajstić information content (AvgIpc) is 2.48. The van der Waals surface area contributed by atoms with Crippen molar-refractivity contribution in [2.45, 2.75) is 30.3 Å². The van der Waals surface area contributed by atoms with Gasteiger partial charge in [-0.05, 0) is 44.5 Å². The molecule has 0 spiro atoms. The second kappa shape index (κ2) is 6.64. The normalized spacial score (nSPS) is 19.4. The molecule has 1 atom stereocenters. The van der Waals surface area contributed by atoms with Gasteiger partial charge in [0.15, 0.2) is 0 Å². The highest BCUT2D eigenvalue weighted by atomic mass is 32.2. The highest BCUT2D eigenvalue weighted by Gasteiger charge is 2.22. The summed E-state index contributed by atoms with van der Waals surface area (Å²) in [5.41, 5.74) is 6.79. The predicted octanol–water partition coefficient (Wildman–Crippen LogP) is 1.18. The van der Waals surface area contributed by atoms with Gasteiger partial charge in [-0.25, -0.2) is 13.1 Å². The molecule has 1 aromatic rings. The summed E-state index contributed by atoms with van der Waals surface area (Å²) >= 11 is 0. The lowest BCUT2D eigenvalue weighted by atomic mass is 10.1. The van der Waals surface area contributed by atoms with E-state index in [0.717, 1.165) is 25.9 Å². The summed E-state index contributed by atoms with van der Waals surface area (Å²) in [6.45, 7) is 1.44. The van der Waals surface area contributed by atoms with Crippen LogP contribution >= 0.6 is 0 Å². The molecule has 0 bridgehead atoms. The molecule has 0 amide bonds. The molecular weight excluding hydrogens is 290 g/mol. The molecule has 0 radical (unpaired) electrons. The number of benzene rings is 1. The molecule has 21 heavy (non-hydrogen) atoms. The lowest BCUT2D eigenvalue weighted by molar-refractivity contribution is 0.0215. The molecule has 0 saturated carbocycles. The number of hydrogen-bond donors (Lipinski definition) is 2. The van der Waals surface area contributed by atoms with Crippen LogP contribution in [-0.4, -0.2) is 41.8 Å². The van der Waals surface area contributed by atoms with Crippen LogP contribution in [0.5, 0.6) is 0 Å². The Kier molecular flexibility index (Phi) is 5.08. The molecule has 7 heteroatoms. The first kappa shape index (κ1) is 16.1. The zero-order chi connectivity index (χ0) is 15.5. The molecule has 1 aliphatic heterocycles. The number of ether oxygens (including phenoxy) is 1. The second-order valence-electron chi connectivity index (χ2n) is 5.30. The number of sulfonamides is 1. The quantitative estimate of drug-likeness (QED) is 0.798. The van der Waals surface area contributed by atoms with Gasteiger partial charge in [-0.3, -0.25) is 0 Å². The maximum absolute atomic E-state index is 12.1. The predicted molar refractivity (Wildman–Crippen MR) is 84.0 cm³/mol. The Morgan fingerprint density at radius 3 is 2.81 bits per heavy atom. The van der Waals surface area contributed by atoms with Crippen LogP contribution in [0.1, 0.15) is 19.3 Å². The number of nitrogens with zero attached hydrogens (tertiary/aromatic N) is 1. The van der Waals surface area contributed by atoms with Crippen molar-refractivity contribution in [3.63, 3.8) is 0 Å². The third-order valence-corrected chi connectivity index (χ3v) is 5.15. The van der Waals surface area contributed by atoms with Crippen LogP contribution in [0, 0.1) is 0 Å². The first-order chi connectivity index (χ1) is 9.94. The van der Waals surface area contributed by atoms with Crippen molar-refractivity contribution in [1.29, 1.82) is 0 Å². The van der Waals surface area contributed by atoms with Crippen LogP contribution in [-0.2, 0) is 14.8 Å². The van der Waals surface area contributed by atoms with E-state index in [1.807, 2.05) is 11.9 Å². The van der Waals surface area contributed by atoms with Crippen LogP contribution in [0.2, 0.25) is 0 Å². The van der Waals surface area contributed by atoms with Crippen molar-refractivity contribution in [1.82, 2.24) is 4.72 Å². The van der Waals surface area contributed by atoms with Gasteiger partial charge in [-0.1, -0.05) is 0 Å². The highest BCUT2D eigenvalue weighted by molar-refractivity contribution is 7.89. The van der Waals surface area contributed by atoms with Crippen molar-refractivity contribution in [3.05, 3.63) is 18.2 Å². The van der Waals surface area contributed by atoms with E-state index < -0.39 is 10.0 Å². The van der Waals surface area contributed by atoms with Gasteiger partial charge in [-0.2, -0.15) is 0 Å². The number of nitrogens with two attached hydrogens (primary N) is 1. The van der Waals surface area contributed by atoms with E-state index in [4.69, 9.17) is 10.5 Å². The maximum Gasteiger partial charge on any atom is 0.242 e. The molecule has 118 valence electrons. The minimum atomic E-state index is -3.55. The number of anilines is 2. The third-order valence-electron chi connectivity index (χ3n) is 3.70. The van der Waals surface area contributed by atoms with Crippen LogP contribution in [0.3, 0.4) is 0 Å². The first-order valence-electron chi connectivity index (χ1n) is 7.10. The molecule has 1 saturated heterocycles. The van der Waals surface area contributed by atoms with E-state index in [9.17, 15) is 8.42 Å². The first-order valence-corrected chi connectivity index (χ1v) is 8.58. The maximum atomic E-state index is 12.1. The Hall–Kier alpha value is -1.31. The Morgan fingerprint density at radius 2 is 2.19 bits per heavy atom. The van der Waals surface area contributed by atoms with Gasteiger partial charge in [0.1, 0.15) is 4.90 Å². The van der Waals surface area contributed by atoms with E-state index >= 15 is 0 Å². The second-order valence-corrected chi connectivity index (χ2v) is 7.16. The number of nitrogen functional groups attached to an aromatic ring is 1. The fourth-order valence-corrected chi connectivity index (χ4v) is 3.54. The minimum absolute atomic E-state index is 0.145. The fourth-order valence-electron chi connectivity index (χ4n) is 2.53. The summed E-state index contributed by atoms with van der Waals surface area (Å²) < 4.78 is 32.3. The monoisotopic (exact) mass is 313 g/mol. The standard InChI is InChI=1S/C14H23N3O3S/c1-16-21(18,19)14-9-11(15)6-7-13(14)17(2)10-12-5-3-4-8-20-12/h6-7,9,12,16H,3-5,8,10,15H2,1-2H3. The summed E-state index contributed by atoms with van der Waals surface area (Å²) in [6.07, 6.45) is 3.41. The van der Waals surface area contributed by atoms with Gasteiger partial charge in [0, 0.05) is 25.9 Å². The average molecular weight is 313 g/mol.